The van der Waals surface area contributed by atoms with Crippen LogP contribution in [0.5, 0.6) is 0 Å². The molecule has 4 heterocycles. The van der Waals surface area contributed by atoms with Crippen LogP contribution in [0.1, 0.15) is 29.0 Å². The van der Waals surface area contributed by atoms with Crippen LogP contribution in [0.4, 0.5) is 5.82 Å². The van der Waals surface area contributed by atoms with Gasteiger partial charge in [0.25, 0.3) is 5.91 Å². The van der Waals surface area contributed by atoms with E-state index in [1.165, 1.54) is 6.33 Å². The Balaban J connectivity index is 1.53. The van der Waals surface area contributed by atoms with E-state index in [9.17, 15) is 4.79 Å². The Morgan fingerprint density at radius 2 is 2.24 bits per heavy atom. The normalized spacial score (nSPS) is 17.6. The van der Waals surface area contributed by atoms with Crippen molar-refractivity contribution in [2.75, 3.05) is 18.0 Å². The maximum atomic E-state index is 12.3. The van der Waals surface area contributed by atoms with Crippen molar-refractivity contribution in [2.45, 2.75) is 25.8 Å². The number of hydrogen-bond acceptors (Lipinski definition) is 6. The number of carbonyl (C=O) groups is 1. The molecule has 25 heavy (non-hydrogen) atoms. The van der Waals surface area contributed by atoms with E-state index in [2.05, 4.69) is 30.3 Å². The number of anilines is 1. The van der Waals surface area contributed by atoms with Gasteiger partial charge in [0.1, 0.15) is 17.8 Å². The van der Waals surface area contributed by atoms with E-state index < -0.39 is 0 Å². The molecule has 8 nitrogen and oxygen atoms in total. The molecule has 1 atom stereocenters. The number of piperidine rings is 1. The van der Waals surface area contributed by atoms with Gasteiger partial charge in [-0.2, -0.15) is 9.61 Å². The first-order valence-corrected chi connectivity index (χ1v) is 8.34. The molecule has 0 aromatic carbocycles. The third-order valence-corrected chi connectivity index (χ3v) is 4.36. The highest BCUT2D eigenvalue weighted by Gasteiger charge is 2.24. The SMILES string of the molecule is Cc1cc(N2CCCC(NC(=O)c3ccncn3)C2)n2nccc2n1. The second-order valence-corrected chi connectivity index (χ2v) is 6.21. The minimum atomic E-state index is -0.163. The van der Waals surface area contributed by atoms with Gasteiger partial charge in [-0.3, -0.25) is 4.79 Å². The molecule has 1 fully saturated rings. The molecule has 3 aromatic rings. The third kappa shape index (κ3) is 3.15. The van der Waals surface area contributed by atoms with E-state index in [-0.39, 0.29) is 11.9 Å². The highest BCUT2D eigenvalue weighted by Crippen LogP contribution is 2.21. The summed E-state index contributed by atoms with van der Waals surface area (Å²) in [5, 5.41) is 7.45. The predicted octanol–water partition coefficient (Wildman–Crippen LogP) is 1.23. The average Bonchev–Trinajstić information content (AvgIpc) is 3.10. The van der Waals surface area contributed by atoms with Crippen LogP contribution in [0.3, 0.4) is 0 Å². The molecule has 1 N–H and O–H groups in total. The molecule has 128 valence electrons. The van der Waals surface area contributed by atoms with E-state index in [4.69, 9.17) is 0 Å². The van der Waals surface area contributed by atoms with Gasteiger partial charge in [-0.05, 0) is 25.8 Å². The summed E-state index contributed by atoms with van der Waals surface area (Å²) >= 11 is 0. The molecule has 0 spiro atoms. The number of amides is 1. The predicted molar refractivity (Wildman–Crippen MR) is 92.5 cm³/mol. The number of fused-ring (bicyclic) bond motifs is 1. The minimum Gasteiger partial charge on any atom is -0.354 e. The molecule has 1 aliphatic rings. The van der Waals surface area contributed by atoms with Gasteiger partial charge >= 0.3 is 0 Å². The zero-order valence-corrected chi connectivity index (χ0v) is 14.0. The van der Waals surface area contributed by atoms with Crippen LogP contribution < -0.4 is 10.2 Å². The van der Waals surface area contributed by atoms with Crippen molar-refractivity contribution in [3.05, 3.63) is 48.3 Å². The lowest BCUT2D eigenvalue weighted by atomic mass is 10.1. The van der Waals surface area contributed by atoms with Gasteiger partial charge in [0, 0.05) is 43.2 Å². The fraction of sp³-hybridized carbons (Fsp3) is 0.353. The van der Waals surface area contributed by atoms with Crippen LogP contribution >= 0.6 is 0 Å². The first-order chi connectivity index (χ1) is 12.2. The molecular weight excluding hydrogens is 318 g/mol. The molecule has 0 aliphatic carbocycles. The molecule has 8 heteroatoms. The summed E-state index contributed by atoms with van der Waals surface area (Å²) in [5.74, 6) is 0.845. The zero-order chi connectivity index (χ0) is 17.2. The smallest absolute Gasteiger partial charge is 0.270 e. The van der Waals surface area contributed by atoms with Crippen molar-refractivity contribution in [1.82, 2.24) is 29.9 Å². The summed E-state index contributed by atoms with van der Waals surface area (Å²) in [4.78, 5) is 26.9. The summed E-state index contributed by atoms with van der Waals surface area (Å²) in [6.07, 6.45) is 6.65. The van der Waals surface area contributed by atoms with Gasteiger partial charge in [0.15, 0.2) is 5.65 Å². The summed E-state index contributed by atoms with van der Waals surface area (Å²) in [7, 11) is 0. The molecular formula is C17H19N7O. The molecule has 4 rings (SSSR count). The Labute approximate surface area is 144 Å². The standard InChI is InChI=1S/C17H19N7O/c1-12-9-16(24-15(21-12)5-7-20-24)23-8-2-3-13(10-23)22-17(25)14-4-6-18-11-19-14/h4-7,9,11,13H,2-3,8,10H2,1H3,(H,22,25). The third-order valence-electron chi connectivity index (χ3n) is 4.36. The molecule has 1 unspecified atom stereocenters. The highest BCUT2D eigenvalue weighted by atomic mass is 16.1. The molecule has 3 aromatic heterocycles. The van der Waals surface area contributed by atoms with Gasteiger partial charge in [-0.15, -0.1) is 0 Å². The molecule has 0 radical (unpaired) electrons. The van der Waals surface area contributed by atoms with E-state index in [0.717, 1.165) is 43.1 Å². The van der Waals surface area contributed by atoms with Crippen LogP contribution in [0.25, 0.3) is 5.65 Å². The fourth-order valence-corrected chi connectivity index (χ4v) is 3.23. The number of carbonyl (C=O) groups excluding carboxylic acids is 1. The number of nitrogens with zero attached hydrogens (tertiary/aromatic N) is 6. The van der Waals surface area contributed by atoms with Crippen molar-refractivity contribution in [3.8, 4) is 0 Å². The summed E-state index contributed by atoms with van der Waals surface area (Å²) in [5.41, 5.74) is 2.18. The van der Waals surface area contributed by atoms with Crippen LogP contribution in [0.2, 0.25) is 0 Å². The van der Waals surface area contributed by atoms with E-state index in [0.29, 0.717) is 5.69 Å². The van der Waals surface area contributed by atoms with Crippen molar-refractivity contribution in [1.29, 1.82) is 0 Å². The Morgan fingerprint density at radius 3 is 3.08 bits per heavy atom. The van der Waals surface area contributed by atoms with Crippen molar-refractivity contribution in [3.63, 3.8) is 0 Å². The van der Waals surface area contributed by atoms with E-state index >= 15 is 0 Å². The maximum Gasteiger partial charge on any atom is 0.270 e. The van der Waals surface area contributed by atoms with Gasteiger partial charge in [0.2, 0.25) is 0 Å². The molecule has 1 amide bonds. The Hall–Kier alpha value is -3.03. The average molecular weight is 337 g/mol. The van der Waals surface area contributed by atoms with Crippen LogP contribution in [-0.4, -0.2) is 49.6 Å². The zero-order valence-electron chi connectivity index (χ0n) is 14.0. The monoisotopic (exact) mass is 337 g/mol. The van der Waals surface area contributed by atoms with Crippen molar-refractivity contribution in [2.24, 2.45) is 0 Å². The van der Waals surface area contributed by atoms with E-state index in [1.807, 2.05) is 23.6 Å². The molecule has 0 saturated carbocycles. The first kappa shape index (κ1) is 15.5. The van der Waals surface area contributed by atoms with E-state index in [1.54, 1.807) is 18.5 Å². The second kappa shape index (κ2) is 6.46. The summed E-state index contributed by atoms with van der Waals surface area (Å²) in [6.45, 7) is 3.64. The number of hydrogen-bond donors (Lipinski definition) is 1. The molecule has 1 saturated heterocycles. The Kier molecular flexibility index (Phi) is 4.01. The topological polar surface area (TPSA) is 88.3 Å². The van der Waals surface area contributed by atoms with Crippen LogP contribution in [0.15, 0.2) is 36.9 Å². The highest BCUT2D eigenvalue weighted by molar-refractivity contribution is 5.92. The summed E-state index contributed by atoms with van der Waals surface area (Å²) < 4.78 is 1.85. The van der Waals surface area contributed by atoms with Gasteiger partial charge < -0.3 is 10.2 Å². The first-order valence-electron chi connectivity index (χ1n) is 8.34. The number of nitrogens with one attached hydrogen (secondary N) is 1. The largest absolute Gasteiger partial charge is 0.354 e. The second-order valence-electron chi connectivity index (χ2n) is 6.21. The lowest BCUT2D eigenvalue weighted by molar-refractivity contribution is 0.0928. The lowest BCUT2D eigenvalue weighted by Crippen LogP contribution is -2.48. The molecule has 0 bridgehead atoms. The number of aryl methyl sites for hydroxylation is 1. The fourth-order valence-electron chi connectivity index (χ4n) is 3.23. The minimum absolute atomic E-state index is 0.0651. The van der Waals surface area contributed by atoms with Gasteiger partial charge in [0.05, 0.1) is 6.20 Å². The quantitative estimate of drug-likeness (QED) is 0.773. The lowest BCUT2D eigenvalue weighted by Gasteiger charge is -2.34. The van der Waals surface area contributed by atoms with Crippen molar-refractivity contribution < 1.29 is 4.79 Å². The Bertz CT molecular complexity index is 892. The number of aromatic nitrogens is 5. The van der Waals surface area contributed by atoms with Crippen LogP contribution in [0, 0.1) is 6.92 Å². The maximum absolute atomic E-state index is 12.3. The van der Waals surface area contributed by atoms with Gasteiger partial charge in [-0.1, -0.05) is 0 Å². The van der Waals surface area contributed by atoms with Crippen LogP contribution in [-0.2, 0) is 0 Å². The number of rotatable bonds is 3. The Morgan fingerprint density at radius 1 is 1.32 bits per heavy atom. The van der Waals surface area contributed by atoms with Crippen molar-refractivity contribution >= 4 is 17.4 Å². The van der Waals surface area contributed by atoms with Gasteiger partial charge in [-0.25, -0.2) is 15.0 Å². The molecule has 1 aliphatic heterocycles. The summed E-state index contributed by atoms with van der Waals surface area (Å²) in [6, 6.07) is 5.62.